The van der Waals surface area contributed by atoms with Crippen LogP contribution in [-0.2, 0) is 24.1 Å². The molecule has 1 aliphatic rings. The van der Waals surface area contributed by atoms with Crippen LogP contribution in [0.15, 0.2) is 81.4 Å². The third-order valence-corrected chi connectivity index (χ3v) is 6.88. The number of carbonyl (C=O) groups excluding carboxylic acids is 1. The van der Waals surface area contributed by atoms with Gasteiger partial charge in [0.2, 0.25) is 5.91 Å². The number of nitrogen functional groups attached to an aromatic ring is 1. The van der Waals surface area contributed by atoms with E-state index in [2.05, 4.69) is 11.1 Å². The largest absolute Gasteiger partial charge is 0.383 e. The molecule has 4 aromatic rings. The van der Waals surface area contributed by atoms with Gasteiger partial charge in [-0.2, -0.15) is 4.98 Å². The molecule has 0 unspecified atom stereocenters. The van der Waals surface area contributed by atoms with Crippen molar-refractivity contribution in [2.45, 2.75) is 35.5 Å². The van der Waals surface area contributed by atoms with Gasteiger partial charge < -0.3 is 11.5 Å². The van der Waals surface area contributed by atoms with E-state index in [1.54, 1.807) is 24.0 Å². The number of pyridine rings is 1. The lowest BCUT2D eigenvalue weighted by Crippen LogP contribution is -2.21. The van der Waals surface area contributed by atoms with Gasteiger partial charge in [0.05, 0.1) is 17.8 Å². The molecule has 2 heterocycles. The Morgan fingerprint density at radius 2 is 1.85 bits per heavy atom. The van der Waals surface area contributed by atoms with Crippen molar-refractivity contribution in [3.05, 3.63) is 94.2 Å². The van der Waals surface area contributed by atoms with Gasteiger partial charge in [0.1, 0.15) is 5.82 Å². The van der Waals surface area contributed by atoms with Crippen LogP contribution in [0.4, 0.5) is 5.82 Å². The lowest BCUT2D eigenvalue weighted by molar-refractivity contribution is -0.117. The number of primary amides is 1. The molecule has 0 spiro atoms. The van der Waals surface area contributed by atoms with E-state index in [4.69, 9.17) is 16.5 Å². The summed E-state index contributed by atoms with van der Waals surface area (Å²) in [5.41, 5.74) is 16.3. The second-order valence-corrected chi connectivity index (χ2v) is 9.34. The van der Waals surface area contributed by atoms with E-state index in [0.29, 0.717) is 5.69 Å². The van der Waals surface area contributed by atoms with Crippen molar-refractivity contribution in [1.29, 1.82) is 0 Å². The van der Waals surface area contributed by atoms with Crippen molar-refractivity contribution in [2.24, 2.45) is 5.73 Å². The molecule has 0 saturated carbocycles. The molecule has 7 nitrogen and oxygen atoms in total. The normalized spacial score (nSPS) is 12.5. The van der Waals surface area contributed by atoms with Crippen LogP contribution in [0.3, 0.4) is 0 Å². The SMILES string of the molecule is NC(=O)Cc1ccc(Sc2cc(-c3cccc(-n4ccc(N)nc4=O)c3)nc3c2CCC3)cc1. The highest BCUT2D eigenvalue weighted by Crippen LogP contribution is 2.38. The van der Waals surface area contributed by atoms with Crippen LogP contribution < -0.4 is 17.2 Å². The van der Waals surface area contributed by atoms with Crippen molar-refractivity contribution in [1.82, 2.24) is 14.5 Å². The van der Waals surface area contributed by atoms with Crippen LogP contribution in [0.5, 0.6) is 0 Å². The van der Waals surface area contributed by atoms with Crippen LogP contribution in [0.1, 0.15) is 23.2 Å². The summed E-state index contributed by atoms with van der Waals surface area (Å²) in [6.07, 6.45) is 4.92. The van der Waals surface area contributed by atoms with Gasteiger partial charge in [0.25, 0.3) is 0 Å². The zero-order valence-corrected chi connectivity index (χ0v) is 19.2. The number of aryl methyl sites for hydroxylation is 1. The highest BCUT2D eigenvalue weighted by molar-refractivity contribution is 7.99. The van der Waals surface area contributed by atoms with Gasteiger partial charge >= 0.3 is 5.69 Å². The zero-order valence-electron chi connectivity index (χ0n) is 18.4. The topological polar surface area (TPSA) is 117 Å². The minimum Gasteiger partial charge on any atom is -0.383 e. The van der Waals surface area contributed by atoms with Gasteiger partial charge in [-0.15, -0.1) is 0 Å². The average molecular weight is 470 g/mol. The molecular weight excluding hydrogens is 446 g/mol. The van der Waals surface area contributed by atoms with Gasteiger partial charge in [-0.1, -0.05) is 36.0 Å². The Hall–Kier alpha value is -3.91. The summed E-state index contributed by atoms with van der Waals surface area (Å²) in [5.74, 6) is -0.140. The van der Waals surface area contributed by atoms with Gasteiger partial charge in [0, 0.05) is 27.2 Å². The second kappa shape index (κ2) is 9.15. The molecule has 0 bridgehead atoms. The van der Waals surface area contributed by atoms with E-state index in [-0.39, 0.29) is 18.1 Å². The van der Waals surface area contributed by atoms with Crippen molar-refractivity contribution in [3.63, 3.8) is 0 Å². The Bertz CT molecular complexity index is 1450. The van der Waals surface area contributed by atoms with Gasteiger partial charge in [0.15, 0.2) is 0 Å². The first-order chi connectivity index (χ1) is 16.5. The zero-order chi connectivity index (χ0) is 23.7. The van der Waals surface area contributed by atoms with E-state index in [1.807, 2.05) is 48.5 Å². The van der Waals surface area contributed by atoms with E-state index < -0.39 is 5.69 Å². The molecule has 4 N–H and O–H groups in total. The first kappa shape index (κ1) is 21.9. The summed E-state index contributed by atoms with van der Waals surface area (Å²) >= 11 is 1.70. The molecule has 8 heteroatoms. The molecule has 0 aliphatic heterocycles. The van der Waals surface area contributed by atoms with Crippen LogP contribution >= 0.6 is 11.8 Å². The standard InChI is InChI=1S/C26H23N5O2S/c27-24-11-12-31(26(33)30-24)18-4-1-3-17(14-18)22-15-23(20-5-2-6-21(20)29-22)34-19-9-7-16(8-10-19)13-25(28)32/h1,3-4,7-12,14-15H,2,5-6,13H2,(H2,28,32)(H2,27,30,33). The average Bonchev–Trinajstić information content (AvgIpc) is 3.29. The van der Waals surface area contributed by atoms with E-state index in [9.17, 15) is 9.59 Å². The number of fused-ring (bicyclic) bond motifs is 1. The number of anilines is 1. The first-order valence-corrected chi connectivity index (χ1v) is 11.8. The monoisotopic (exact) mass is 469 g/mol. The predicted octanol–water partition coefficient (Wildman–Crippen LogP) is 3.54. The summed E-state index contributed by atoms with van der Waals surface area (Å²) < 4.78 is 1.47. The molecule has 0 atom stereocenters. The van der Waals surface area contributed by atoms with Crippen molar-refractivity contribution in [3.8, 4) is 16.9 Å². The van der Waals surface area contributed by atoms with Crippen LogP contribution in [0, 0.1) is 0 Å². The Kier molecular flexibility index (Phi) is 5.90. The van der Waals surface area contributed by atoms with Crippen molar-refractivity contribution >= 4 is 23.5 Å². The number of hydrogen-bond donors (Lipinski definition) is 2. The fraction of sp³-hybridized carbons (Fsp3) is 0.154. The number of rotatable bonds is 6. The number of nitrogens with zero attached hydrogens (tertiary/aromatic N) is 3. The Labute approximate surface area is 200 Å². The highest BCUT2D eigenvalue weighted by atomic mass is 32.2. The molecule has 170 valence electrons. The summed E-state index contributed by atoms with van der Waals surface area (Å²) in [7, 11) is 0. The summed E-state index contributed by atoms with van der Waals surface area (Å²) in [6.45, 7) is 0. The third kappa shape index (κ3) is 4.58. The van der Waals surface area contributed by atoms with Gasteiger partial charge in [-0.3, -0.25) is 14.3 Å². The molecule has 2 aromatic carbocycles. The summed E-state index contributed by atoms with van der Waals surface area (Å²) in [4.78, 5) is 34.5. The maximum atomic E-state index is 12.3. The fourth-order valence-corrected chi connectivity index (χ4v) is 5.22. The quantitative estimate of drug-likeness (QED) is 0.446. The fourth-order valence-electron chi connectivity index (χ4n) is 4.18. The highest BCUT2D eigenvalue weighted by Gasteiger charge is 2.19. The Morgan fingerprint density at radius 1 is 1.03 bits per heavy atom. The van der Waals surface area contributed by atoms with Crippen LogP contribution in [0.25, 0.3) is 16.9 Å². The Morgan fingerprint density at radius 3 is 2.62 bits per heavy atom. The number of nitrogens with two attached hydrogens (primary N) is 2. The number of carbonyl (C=O) groups is 1. The minimum atomic E-state index is -0.421. The number of amides is 1. The minimum absolute atomic E-state index is 0.196. The van der Waals surface area contributed by atoms with E-state index in [0.717, 1.165) is 46.7 Å². The maximum Gasteiger partial charge on any atom is 0.354 e. The molecule has 1 aliphatic carbocycles. The predicted molar refractivity (Wildman–Crippen MR) is 133 cm³/mol. The molecule has 0 radical (unpaired) electrons. The molecule has 0 fully saturated rings. The van der Waals surface area contributed by atoms with Crippen molar-refractivity contribution < 1.29 is 4.79 Å². The smallest absolute Gasteiger partial charge is 0.354 e. The molecule has 2 aromatic heterocycles. The molecule has 0 saturated heterocycles. The van der Waals surface area contributed by atoms with Crippen LogP contribution in [-0.4, -0.2) is 20.4 Å². The third-order valence-electron chi connectivity index (χ3n) is 5.78. The molecular formula is C26H23N5O2S. The van der Waals surface area contributed by atoms with Crippen LogP contribution in [0.2, 0.25) is 0 Å². The van der Waals surface area contributed by atoms with Crippen molar-refractivity contribution in [2.75, 3.05) is 5.73 Å². The maximum absolute atomic E-state index is 12.3. The summed E-state index contributed by atoms with van der Waals surface area (Å²) in [5, 5.41) is 0. The second-order valence-electron chi connectivity index (χ2n) is 8.23. The number of aromatic nitrogens is 3. The molecule has 1 amide bonds. The van der Waals surface area contributed by atoms with E-state index >= 15 is 0 Å². The summed E-state index contributed by atoms with van der Waals surface area (Å²) in [6, 6.07) is 19.4. The number of hydrogen-bond acceptors (Lipinski definition) is 6. The lowest BCUT2D eigenvalue weighted by Gasteiger charge is -2.13. The van der Waals surface area contributed by atoms with E-state index in [1.165, 1.54) is 15.0 Å². The van der Waals surface area contributed by atoms with Gasteiger partial charge in [-0.05, 0) is 66.8 Å². The van der Waals surface area contributed by atoms with Gasteiger partial charge in [-0.25, -0.2) is 4.79 Å². The lowest BCUT2D eigenvalue weighted by atomic mass is 10.1. The Balaban J connectivity index is 1.50. The number of benzene rings is 2. The first-order valence-electron chi connectivity index (χ1n) is 11.0. The molecule has 34 heavy (non-hydrogen) atoms. The molecule has 5 rings (SSSR count).